The van der Waals surface area contributed by atoms with E-state index in [9.17, 15) is 9.60 Å². The van der Waals surface area contributed by atoms with Gasteiger partial charge in [-0.05, 0) is 69.4 Å². The molecule has 2 aromatic heterocycles. The lowest BCUT2D eigenvalue weighted by Crippen LogP contribution is -2.43. The first-order valence-electron chi connectivity index (χ1n) is 10.7. The molecule has 6 nitrogen and oxygen atoms in total. The molecule has 0 radical (unpaired) electrons. The van der Waals surface area contributed by atoms with E-state index in [2.05, 4.69) is 21.9 Å². The largest absolute Gasteiger partial charge is 0.396 e. The first kappa shape index (κ1) is 19.3. The SMILES string of the molecule is Cc1cc2c(cc1F)c(N)c(-c1ccc(N(O)NC3(C)CC3)cn1)n2C1CCCC1. The van der Waals surface area contributed by atoms with Crippen LogP contribution in [0.2, 0.25) is 0 Å². The van der Waals surface area contributed by atoms with Crippen molar-refractivity contribution in [1.29, 1.82) is 0 Å². The van der Waals surface area contributed by atoms with E-state index in [1.54, 1.807) is 19.2 Å². The summed E-state index contributed by atoms with van der Waals surface area (Å²) in [7, 11) is 0. The fourth-order valence-electron chi connectivity index (χ4n) is 4.53. The molecule has 3 aromatic rings. The fourth-order valence-corrected chi connectivity index (χ4v) is 4.53. The number of benzene rings is 1. The van der Waals surface area contributed by atoms with E-state index in [1.165, 1.54) is 12.8 Å². The summed E-state index contributed by atoms with van der Waals surface area (Å²) >= 11 is 0. The Labute approximate surface area is 175 Å². The van der Waals surface area contributed by atoms with Crippen LogP contribution in [-0.4, -0.2) is 20.3 Å². The molecule has 0 unspecified atom stereocenters. The van der Waals surface area contributed by atoms with Crippen molar-refractivity contribution >= 4 is 22.3 Å². The van der Waals surface area contributed by atoms with Gasteiger partial charge in [0, 0.05) is 17.0 Å². The zero-order chi connectivity index (χ0) is 21.0. The van der Waals surface area contributed by atoms with Crippen molar-refractivity contribution in [3.63, 3.8) is 0 Å². The standard InChI is InChI=1S/C23H28FN5O/c1-14-11-20-17(12-18(14)24)21(25)22(28(20)15-5-3-4-6-15)19-8-7-16(13-26-19)29(30)27-23(2)9-10-23/h7-8,11-13,15,27,30H,3-6,9-10,25H2,1-2H3. The number of rotatable bonds is 5. The number of anilines is 2. The molecule has 0 aliphatic heterocycles. The van der Waals surface area contributed by atoms with Crippen LogP contribution >= 0.6 is 0 Å². The topological polar surface area (TPSA) is 79.3 Å². The number of aromatic nitrogens is 2. The Balaban J connectivity index is 1.59. The predicted molar refractivity (Wildman–Crippen MR) is 117 cm³/mol. The van der Waals surface area contributed by atoms with Gasteiger partial charge >= 0.3 is 0 Å². The quantitative estimate of drug-likeness (QED) is 0.511. The molecule has 1 aromatic carbocycles. The molecule has 2 aliphatic carbocycles. The van der Waals surface area contributed by atoms with E-state index in [4.69, 9.17) is 5.73 Å². The van der Waals surface area contributed by atoms with Crippen LogP contribution in [0.1, 0.15) is 57.1 Å². The third kappa shape index (κ3) is 3.22. The molecule has 2 aliphatic rings. The Morgan fingerprint density at radius 3 is 2.63 bits per heavy atom. The van der Waals surface area contributed by atoms with Gasteiger partial charge in [0.05, 0.1) is 28.8 Å². The van der Waals surface area contributed by atoms with Crippen molar-refractivity contribution in [1.82, 2.24) is 15.0 Å². The zero-order valence-electron chi connectivity index (χ0n) is 17.5. The Bertz CT molecular complexity index is 1100. The van der Waals surface area contributed by atoms with Crippen molar-refractivity contribution in [3.05, 3.63) is 41.8 Å². The number of hydrazine groups is 1. The Kier molecular flexibility index (Phi) is 4.48. The highest BCUT2D eigenvalue weighted by atomic mass is 19.1. The van der Waals surface area contributed by atoms with Crippen molar-refractivity contribution in [3.8, 4) is 11.4 Å². The molecular weight excluding hydrogens is 381 g/mol. The Morgan fingerprint density at radius 1 is 1.27 bits per heavy atom. The monoisotopic (exact) mass is 409 g/mol. The maximum absolute atomic E-state index is 14.3. The number of halogens is 1. The van der Waals surface area contributed by atoms with Gasteiger partial charge in [-0.2, -0.15) is 5.17 Å². The van der Waals surface area contributed by atoms with Gasteiger partial charge in [0.25, 0.3) is 0 Å². The summed E-state index contributed by atoms with van der Waals surface area (Å²) < 4.78 is 16.6. The zero-order valence-corrected chi connectivity index (χ0v) is 17.5. The first-order chi connectivity index (χ1) is 14.4. The van der Waals surface area contributed by atoms with E-state index in [-0.39, 0.29) is 11.4 Å². The molecule has 2 fully saturated rings. The first-order valence-corrected chi connectivity index (χ1v) is 10.7. The van der Waals surface area contributed by atoms with Gasteiger partial charge in [0.1, 0.15) is 11.5 Å². The van der Waals surface area contributed by atoms with E-state index in [0.29, 0.717) is 23.0 Å². The molecule has 0 atom stereocenters. The number of nitrogens with one attached hydrogen (secondary N) is 1. The van der Waals surface area contributed by atoms with Gasteiger partial charge in [0.2, 0.25) is 0 Å². The van der Waals surface area contributed by atoms with Crippen LogP contribution in [0.3, 0.4) is 0 Å². The number of nitrogens with zero attached hydrogens (tertiary/aromatic N) is 3. The summed E-state index contributed by atoms with van der Waals surface area (Å²) in [5, 5.41) is 12.1. The van der Waals surface area contributed by atoms with Gasteiger partial charge in [-0.25, -0.2) is 9.82 Å². The molecule has 0 saturated heterocycles. The molecule has 7 heteroatoms. The van der Waals surface area contributed by atoms with Gasteiger partial charge in [-0.15, -0.1) is 0 Å². The summed E-state index contributed by atoms with van der Waals surface area (Å²) in [5.74, 6) is -0.247. The molecule has 0 spiro atoms. The van der Waals surface area contributed by atoms with Crippen molar-refractivity contribution < 1.29 is 9.60 Å². The van der Waals surface area contributed by atoms with E-state index in [1.807, 2.05) is 18.2 Å². The third-order valence-corrected chi connectivity index (χ3v) is 6.62. The number of hydrogen-bond acceptors (Lipinski definition) is 5. The number of pyridine rings is 1. The minimum absolute atomic E-state index is 0.0469. The van der Waals surface area contributed by atoms with Crippen molar-refractivity contribution in [2.75, 3.05) is 10.9 Å². The van der Waals surface area contributed by atoms with Crippen LogP contribution in [0.25, 0.3) is 22.3 Å². The average molecular weight is 410 g/mol. The summed E-state index contributed by atoms with van der Waals surface area (Å²) in [4.78, 5) is 4.62. The minimum atomic E-state index is -0.247. The minimum Gasteiger partial charge on any atom is -0.396 e. The number of aryl methyl sites for hydroxylation is 1. The van der Waals surface area contributed by atoms with Crippen LogP contribution in [0.5, 0.6) is 0 Å². The lowest BCUT2D eigenvalue weighted by Gasteiger charge is -2.22. The lowest BCUT2D eigenvalue weighted by molar-refractivity contribution is 0.191. The van der Waals surface area contributed by atoms with Crippen LogP contribution in [-0.2, 0) is 0 Å². The van der Waals surface area contributed by atoms with Gasteiger partial charge < -0.3 is 10.3 Å². The molecule has 2 saturated carbocycles. The highest BCUT2D eigenvalue weighted by Gasteiger charge is 2.39. The molecule has 4 N–H and O–H groups in total. The second-order valence-electron chi connectivity index (χ2n) is 9.08. The number of hydrogen-bond donors (Lipinski definition) is 3. The Morgan fingerprint density at radius 2 is 2.00 bits per heavy atom. The van der Waals surface area contributed by atoms with E-state index >= 15 is 0 Å². The second kappa shape index (κ2) is 6.96. The molecular formula is C23H28FN5O. The maximum Gasteiger partial charge on any atom is 0.126 e. The molecule has 0 amide bonds. The summed E-state index contributed by atoms with van der Waals surface area (Å²) in [6.07, 6.45) is 8.22. The lowest BCUT2D eigenvalue weighted by atomic mass is 10.1. The fraction of sp³-hybridized carbons (Fsp3) is 0.435. The van der Waals surface area contributed by atoms with Gasteiger partial charge in [-0.3, -0.25) is 10.2 Å². The van der Waals surface area contributed by atoms with Gasteiger partial charge in [-0.1, -0.05) is 12.8 Å². The molecule has 158 valence electrons. The molecule has 2 heterocycles. The van der Waals surface area contributed by atoms with Crippen molar-refractivity contribution in [2.45, 2.75) is 64.0 Å². The number of fused-ring (bicyclic) bond motifs is 1. The summed E-state index contributed by atoms with van der Waals surface area (Å²) in [6.45, 7) is 3.85. The number of nitrogen functional groups attached to an aromatic ring is 1. The van der Waals surface area contributed by atoms with E-state index < -0.39 is 0 Å². The summed E-state index contributed by atoms with van der Waals surface area (Å²) in [5.41, 5.74) is 13.8. The maximum atomic E-state index is 14.3. The second-order valence-corrected chi connectivity index (χ2v) is 9.08. The highest BCUT2D eigenvalue weighted by Crippen LogP contribution is 2.43. The van der Waals surface area contributed by atoms with E-state index in [0.717, 1.165) is 53.1 Å². The Hall–Kier alpha value is -2.64. The molecule has 0 bridgehead atoms. The smallest absolute Gasteiger partial charge is 0.126 e. The van der Waals surface area contributed by atoms with Gasteiger partial charge in [0.15, 0.2) is 0 Å². The van der Waals surface area contributed by atoms with Crippen molar-refractivity contribution in [2.24, 2.45) is 0 Å². The predicted octanol–water partition coefficient (Wildman–Crippen LogP) is 5.10. The van der Waals surface area contributed by atoms with Crippen LogP contribution in [0, 0.1) is 12.7 Å². The third-order valence-electron chi connectivity index (χ3n) is 6.62. The molecule has 5 rings (SSSR count). The average Bonchev–Trinajstić information content (AvgIpc) is 3.13. The van der Waals surface area contributed by atoms with Crippen LogP contribution < -0.4 is 16.3 Å². The number of nitrogens with two attached hydrogens (primary N) is 1. The summed E-state index contributed by atoms with van der Waals surface area (Å²) in [6, 6.07) is 7.46. The highest BCUT2D eigenvalue weighted by molar-refractivity contribution is 6.01. The molecule has 30 heavy (non-hydrogen) atoms. The van der Waals surface area contributed by atoms with Crippen LogP contribution in [0.4, 0.5) is 15.8 Å². The van der Waals surface area contributed by atoms with Crippen LogP contribution in [0.15, 0.2) is 30.5 Å². The normalized spacial score (nSPS) is 18.3.